The van der Waals surface area contributed by atoms with E-state index in [0.29, 0.717) is 19.3 Å². The van der Waals surface area contributed by atoms with Crippen LogP contribution in [0.15, 0.2) is 0 Å². The Morgan fingerprint density at radius 3 is 2.26 bits per heavy atom. The molecule has 0 saturated carbocycles. The molecule has 0 aliphatic heterocycles. The third-order valence-corrected chi connectivity index (χ3v) is 3.35. The molecule has 0 spiro atoms. The summed E-state index contributed by atoms with van der Waals surface area (Å²) in [6.07, 6.45) is 6.63. The number of ether oxygens (including phenoxy) is 1. The fourth-order valence-corrected chi connectivity index (χ4v) is 2.09. The standard InChI is InChI=1S/C12H24O5S.K/c1-2-3-4-5-6-9-12(13)17-10-7-8-11-18(14,15)16;/h2-11H2,1H3,(H,14,15,16);. The third kappa shape index (κ3) is 19.0. The average Bonchev–Trinajstić information content (AvgIpc) is 2.27. The van der Waals surface area contributed by atoms with E-state index in [1.807, 2.05) is 0 Å². The Bertz CT molecular complexity index is 316. The molecule has 1 radical (unpaired) electrons. The van der Waals surface area contributed by atoms with Gasteiger partial charge in [-0.1, -0.05) is 32.6 Å². The molecule has 0 unspecified atom stereocenters. The largest absolute Gasteiger partial charge is 0.466 e. The van der Waals surface area contributed by atoms with Crippen LogP contribution in [0.4, 0.5) is 0 Å². The smallest absolute Gasteiger partial charge is 0.305 e. The SMILES string of the molecule is CCCCCCCC(=O)OCCCCS(=O)(=O)O.[K]. The first-order chi connectivity index (χ1) is 8.45. The fourth-order valence-electron chi connectivity index (χ4n) is 1.52. The van der Waals surface area contributed by atoms with Gasteiger partial charge in [0, 0.05) is 57.8 Å². The Kier molecular flexibility index (Phi) is 16.4. The van der Waals surface area contributed by atoms with Gasteiger partial charge in [-0.15, -0.1) is 0 Å². The number of rotatable bonds is 11. The van der Waals surface area contributed by atoms with Gasteiger partial charge >= 0.3 is 5.97 Å². The molecular formula is C12H24KO5S. The van der Waals surface area contributed by atoms with Gasteiger partial charge in [0.15, 0.2) is 0 Å². The summed E-state index contributed by atoms with van der Waals surface area (Å²) in [4.78, 5) is 11.2. The van der Waals surface area contributed by atoms with Crippen molar-refractivity contribution in [3.05, 3.63) is 0 Å². The van der Waals surface area contributed by atoms with Gasteiger partial charge in [-0.25, -0.2) is 0 Å². The number of esters is 1. The summed E-state index contributed by atoms with van der Waals surface area (Å²) in [6.45, 7) is 2.37. The minimum absolute atomic E-state index is 0. The van der Waals surface area contributed by atoms with Gasteiger partial charge < -0.3 is 4.74 Å². The van der Waals surface area contributed by atoms with Crippen molar-refractivity contribution >= 4 is 67.5 Å². The zero-order valence-electron chi connectivity index (χ0n) is 12.1. The molecule has 0 bridgehead atoms. The molecule has 0 aliphatic rings. The van der Waals surface area contributed by atoms with Gasteiger partial charge in [0.05, 0.1) is 12.4 Å². The van der Waals surface area contributed by atoms with Crippen LogP contribution in [0.5, 0.6) is 0 Å². The van der Waals surface area contributed by atoms with Crippen molar-refractivity contribution in [3.63, 3.8) is 0 Å². The maximum absolute atomic E-state index is 11.2. The average molecular weight is 319 g/mol. The monoisotopic (exact) mass is 319 g/mol. The van der Waals surface area contributed by atoms with E-state index in [-0.39, 0.29) is 69.7 Å². The molecule has 5 nitrogen and oxygen atoms in total. The van der Waals surface area contributed by atoms with Crippen molar-refractivity contribution in [1.29, 1.82) is 0 Å². The number of hydrogen-bond acceptors (Lipinski definition) is 4. The van der Waals surface area contributed by atoms with Gasteiger partial charge in [0.2, 0.25) is 0 Å². The van der Waals surface area contributed by atoms with E-state index < -0.39 is 10.1 Å². The first-order valence-electron chi connectivity index (χ1n) is 6.56. The number of carbonyl (C=O) groups is 1. The van der Waals surface area contributed by atoms with Crippen molar-refractivity contribution in [2.75, 3.05) is 12.4 Å². The zero-order valence-corrected chi connectivity index (χ0v) is 16.0. The van der Waals surface area contributed by atoms with Gasteiger partial charge in [-0.05, 0) is 19.3 Å². The van der Waals surface area contributed by atoms with Crippen molar-refractivity contribution in [1.82, 2.24) is 0 Å². The maximum atomic E-state index is 11.2. The molecule has 0 heterocycles. The van der Waals surface area contributed by atoms with E-state index in [2.05, 4.69) is 6.92 Å². The van der Waals surface area contributed by atoms with E-state index in [0.717, 1.165) is 19.3 Å². The van der Waals surface area contributed by atoms with E-state index in [1.165, 1.54) is 12.8 Å². The Labute approximate surface area is 159 Å². The second kappa shape index (κ2) is 14.0. The van der Waals surface area contributed by atoms with Crippen molar-refractivity contribution in [2.24, 2.45) is 0 Å². The van der Waals surface area contributed by atoms with Crippen molar-refractivity contribution in [3.8, 4) is 0 Å². The predicted molar refractivity (Wildman–Crippen MR) is 75.7 cm³/mol. The van der Waals surface area contributed by atoms with Gasteiger partial charge in [0.1, 0.15) is 0 Å². The van der Waals surface area contributed by atoms with Crippen LogP contribution in [0.3, 0.4) is 0 Å². The van der Waals surface area contributed by atoms with E-state index >= 15 is 0 Å². The number of carbonyl (C=O) groups excluding carboxylic acids is 1. The summed E-state index contributed by atoms with van der Waals surface area (Å²) in [5.74, 6) is -0.500. The molecule has 1 N–H and O–H groups in total. The van der Waals surface area contributed by atoms with Gasteiger partial charge in [-0.3, -0.25) is 9.35 Å². The zero-order chi connectivity index (χ0) is 13.9. The molecule has 0 atom stereocenters. The van der Waals surface area contributed by atoms with E-state index in [4.69, 9.17) is 9.29 Å². The Morgan fingerprint density at radius 1 is 1.05 bits per heavy atom. The van der Waals surface area contributed by atoms with Crippen molar-refractivity contribution in [2.45, 2.75) is 58.3 Å². The molecule has 0 rings (SSSR count). The number of unbranched alkanes of at least 4 members (excludes halogenated alkanes) is 5. The molecule has 0 aromatic carbocycles. The predicted octanol–water partition coefficient (Wildman–Crippen LogP) is 2.18. The third-order valence-electron chi connectivity index (χ3n) is 2.54. The molecule has 0 amide bonds. The second-order valence-electron chi connectivity index (χ2n) is 4.38. The minimum atomic E-state index is -3.89. The second-order valence-corrected chi connectivity index (χ2v) is 5.95. The first kappa shape index (κ1) is 22.3. The molecule has 0 fully saturated rings. The summed E-state index contributed by atoms with van der Waals surface area (Å²) < 4.78 is 34.2. The summed E-state index contributed by atoms with van der Waals surface area (Å²) in [5.41, 5.74) is 0. The molecule has 109 valence electrons. The molecule has 0 aliphatic carbocycles. The van der Waals surface area contributed by atoms with Crippen LogP contribution in [-0.4, -0.2) is 82.7 Å². The van der Waals surface area contributed by atoms with Crippen LogP contribution < -0.4 is 0 Å². The Hall–Kier alpha value is 1.02. The molecule has 19 heavy (non-hydrogen) atoms. The van der Waals surface area contributed by atoms with Crippen LogP contribution in [0.1, 0.15) is 58.3 Å². The van der Waals surface area contributed by atoms with E-state index in [1.54, 1.807) is 0 Å². The topological polar surface area (TPSA) is 80.7 Å². The van der Waals surface area contributed by atoms with Crippen LogP contribution in [-0.2, 0) is 19.6 Å². The van der Waals surface area contributed by atoms with Gasteiger partial charge in [-0.2, -0.15) is 8.42 Å². The summed E-state index contributed by atoms with van der Waals surface area (Å²) in [7, 11) is -3.89. The summed E-state index contributed by atoms with van der Waals surface area (Å²) in [6, 6.07) is 0. The number of hydrogen-bond donors (Lipinski definition) is 1. The quantitative estimate of drug-likeness (QED) is 0.273. The van der Waals surface area contributed by atoms with Crippen LogP contribution in [0.2, 0.25) is 0 Å². The first-order valence-corrected chi connectivity index (χ1v) is 8.17. The molecule has 0 aromatic rings. The minimum Gasteiger partial charge on any atom is -0.466 e. The normalized spacial score (nSPS) is 10.8. The molecular weight excluding hydrogens is 295 g/mol. The van der Waals surface area contributed by atoms with Crippen LogP contribution in [0.25, 0.3) is 0 Å². The van der Waals surface area contributed by atoms with Crippen molar-refractivity contribution < 1.29 is 22.5 Å². The Morgan fingerprint density at radius 2 is 1.68 bits per heavy atom. The van der Waals surface area contributed by atoms with Crippen LogP contribution >= 0.6 is 0 Å². The summed E-state index contributed by atoms with van der Waals surface area (Å²) >= 11 is 0. The fraction of sp³-hybridized carbons (Fsp3) is 0.917. The summed E-state index contributed by atoms with van der Waals surface area (Å²) in [5, 5.41) is 0. The van der Waals surface area contributed by atoms with Gasteiger partial charge in [0.25, 0.3) is 10.1 Å². The maximum Gasteiger partial charge on any atom is 0.305 e. The van der Waals surface area contributed by atoms with E-state index in [9.17, 15) is 13.2 Å². The molecule has 0 saturated heterocycles. The molecule has 0 aromatic heterocycles. The molecule has 7 heteroatoms. The Balaban J connectivity index is 0. The van der Waals surface area contributed by atoms with Crippen LogP contribution in [0, 0.1) is 0 Å².